The number of halogens is 3. The predicted molar refractivity (Wildman–Crippen MR) is 56.3 cm³/mol. The van der Waals surface area contributed by atoms with E-state index in [4.69, 9.17) is 0 Å². The van der Waals surface area contributed by atoms with E-state index in [1.165, 1.54) is 0 Å². The summed E-state index contributed by atoms with van der Waals surface area (Å²) in [6.45, 7) is 0. The molecule has 1 aromatic carbocycles. The van der Waals surface area contributed by atoms with Gasteiger partial charge in [-0.1, -0.05) is 0 Å². The predicted octanol–water partition coefficient (Wildman–Crippen LogP) is 1.15. The van der Waals surface area contributed by atoms with E-state index >= 15 is 0 Å². The molecule has 1 rings (SSSR count). The van der Waals surface area contributed by atoms with Gasteiger partial charge in [0, 0.05) is 12.1 Å². The van der Waals surface area contributed by atoms with Crippen LogP contribution >= 0.6 is 0 Å². The summed E-state index contributed by atoms with van der Waals surface area (Å²) in [6, 6.07) is 2.41. The molecule has 0 unspecified atom stereocenters. The van der Waals surface area contributed by atoms with E-state index in [0.717, 1.165) is 0 Å². The number of alkyl halides is 3. The first-order valence-electron chi connectivity index (χ1n) is 4.39. The second-order valence-corrected chi connectivity index (χ2v) is 6.47. The molecule has 0 radical (unpaired) electrons. The number of benzene rings is 1. The van der Waals surface area contributed by atoms with Crippen LogP contribution in [-0.4, -0.2) is 27.3 Å². The maximum absolute atomic E-state index is 12.0. The van der Waals surface area contributed by atoms with E-state index in [-0.39, 0.29) is 0 Å². The van der Waals surface area contributed by atoms with Gasteiger partial charge in [-0.15, -0.1) is 3.63 Å². The van der Waals surface area contributed by atoms with Crippen LogP contribution < -0.4 is 0 Å². The quantitative estimate of drug-likeness (QED) is 0.459. The van der Waals surface area contributed by atoms with E-state index in [2.05, 4.69) is 3.63 Å². The Kier molecular flexibility index (Phi) is 4.07. The Morgan fingerprint density at radius 3 is 1.85 bits per heavy atom. The van der Waals surface area contributed by atoms with E-state index in [9.17, 15) is 40.1 Å². The number of nitro groups is 1. The second-order valence-electron chi connectivity index (χ2n) is 3.17. The topological polar surface area (TPSA) is 121 Å². The number of hydrogen-bond acceptors (Lipinski definition) is 7. The summed E-state index contributed by atoms with van der Waals surface area (Å²) in [5, 5.41) is 10.3. The average molecular weight is 335 g/mol. The second kappa shape index (κ2) is 4.99. The molecule has 0 saturated heterocycles. The zero-order valence-corrected chi connectivity index (χ0v) is 10.7. The number of hydrogen-bond donors (Lipinski definition) is 0. The van der Waals surface area contributed by atoms with Crippen molar-refractivity contribution in [3.63, 3.8) is 0 Å². The van der Waals surface area contributed by atoms with Gasteiger partial charge in [0.2, 0.25) is 0 Å². The van der Waals surface area contributed by atoms with Crippen LogP contribution in [0.25, 0.3) is 0 Å². The maximum Gasteiger partial charge on any atom is 0.524 e. The van der Waals surface area contributed by atoms with Crippen molar-refractivity contribution in [1.29, 1.82) is 0 Å². The van der Waals surface area contributed by atoms with Crippen LogP contribution in [0.3, 0.4) is 0 Å². The zero-order chi connectivity index (χ0) is 15.8. The Labute approximate surface area is 110 Å². The van der Waals surface area contributed by atoms with Gasteiger partial charge in [-0.2, -0.15) is 30.0 Å². The lowest BCUT2D eigenvalue weighted by atomic mass is 10.3. The van der Waals surface area contributed by atoms with E-state index < -0.39 is 41.3 Å². The van der Waals surface area contributed by atoms with E-state index in [0.29, 0.717) is 24.3 Å². The van der Waals surface area contributed by atoms with Gasteiger partial charge in [-0.05, 0) is 12.1 Å². The molecule has 8 nitrogen and oxygen atoms in total. The van der Waals surface area contributed by atoms with Crippen molar-refractivity contribution in [3.05, 3.63) is 34.4 Å². The minimum Gasteiger partial charge on any atom is -0.258 e. The molecule has 0 atom stereocenters. The van der Waals surface area contributed by atoms with Crippen molar-refractivity contribution in [2.75, 3.05) is 0 Å². The summed E-state index contributed by atoms with van der Waals surface area (Å²) in [5.74, 6) is 0. The maximum atomic E-state index is 12.0. The van der Waals surface area contributed by atoms with Gasteiger partial charge in [0.15, 0.2) is 0 Å². The lowest BCUT2D eigenvalue weighted by Gasteiger charge is -2.08. The molecule has 0 heterocycles. The van der Waals surface area contributed by atoms with Crippen molar-refractivity contribution in [1.82, 2.24) is 0 Å². The number of rotatable bonds is 4. The lowest BCUT2D eigenvalue weighted by Crippen LogP contribution is -2.28. The lowest BCUT2D eigenvalue weighted by molar-refractivity contribution is -0.384. The first-order chi connectivity index (χ1) is 8.87. The molecular weight excluding hydrogens is 331 g/mol. The molecule has 0 saturated carbocycles. The molecule has 1 aromatic rings. The molecule has 0 aromatic heterocycles. The summed E-state index contributed by atoms with van der Waals surface area (Å²) in [4.78, 5) is 8.44. The molecule has 0 aliphatic carbocycles. The van der Waals surface area contributed by atoms with Gasteiger partial charge in [0.25, 0.3) is 5.69 Å². The Bertz CT molecular complexity index is 721. The molecular formula is C7H4F3NO7S2. The van der Waals surface area contributed by atoms with Crippen molar-refractivity contribution in [2.24, 2.45) is 0 Å². The van der Waals surface area contributed by atoms with Crippen LogP contribution in [0.15, 0.2) is 29.2 Å². The smallest absolute Gasteiger partial charge is 0.258 e. The highest BCUT2D eigenvalue weighted by Gasteiger charge is 2.50. The fraction of sp³-hybridized carbons (Fsp3) is 0.143. The Morgan fingerprint density at radius 1 is 1.05 bits per heavy atom. The molecule has 0 N–H and O–H groups in total. The van der Waals surface area contributed by atoms with Crippen molar-refractivity contribution < 1.29 is 38.6 Å². The summed E-state index contributed by atoms with van der Waals surface area (Å²) in [5.41, 5.74) is -6.46. The highest BCUT2D eigenvalue weighted by molar-refractivity contribution is 8.00. The molecule has 0 spiro atoms. The van der Waals surface area contributed by atoms with E-state index in [1.54, 1.807) is 0 Å². The van der Waals surface area contributed by atoms with Gasteiger partial charge in [0.05, 0.1) is 9.82 Å². The molecule has 13 heteroatoms. The molecule has 112 valence electrons. The van der Waals surface area contributed by atoms with Crippen molar-refractivity contribution in [3.8, 4) is 0 Å². The zero-order valence-electron chi connectivity index (χ0n) is 9.06. The molecule has 20 heavy (non-hydrogen) atoms. The fourth-order valence-corrected chi connectivity index (χ4v) is 2.97. The fourth-order valence-electron chi connectivity index (χ4n) is 0.930. The summed E-state index contributed by atoms with van der Waals surface area (Å²) >= 11 is 0. The van der Waals surface area contributed by atoms with Gasteiger partial charge < -0.3 is 0 Å². The summed E-state index contributed by atoms with van der Waals surface area (Å²) < 4.78 is 82.8. The molecule has 0 fully saturated rings. The summed E-state index contributed by atoms with van der Waals surface area (Å²) in [6.07, 6.45) is 0. The Balaban J connectivity index is 3.16. The average Bonchev–Trinajstić information content (AvgIpc) is 2.26. The van der Waals surface area contributed by atoms with Crippen LogP contribution in [0.1, 0.15) is 0 Å². The van der Waals surface area contributed by atoms with Crippen molar-refractivity contribution in [2.45, 2.75) is 10.4 Å². The van der Waals surface area contributed by atoms with Crippen LogP contribution in [0.2, 0.25) is 0 Å². The van der Waals surface area contributed by atoms with Crippen LogP contribution in [0, 0.1) is 10.1 Å². The standard InChI is InChI=1S/C7H4F3NO7S2/c8-7(9,10)20(16,17)18-19(14,15)6-3-1-5(2-4-6)11(12)13/h1-4H. The van der Waals surface area contributed by atoms with Crippen LogP contribution in [0.5, 0.6) is 0 Å². The highest BCUT2D eigenvalue weighted by atomic mass is 32.3. The summed E-state index contributed by atoms with van der Waals surface area (Å²) in [7, 11) is -11.6. The largest absolute Gasteiger partial charge is 0.524 e. The van der Waals surface area contributed by atoms with E-state index in [1.807, 2.05) is 0 Å². The third kappa shape index (κ3) is 3.43. The van der Waals surface area contributed by atoms with Gasteiger partial charge in [0.1, 0.15) is 0 Å². The van der Waals surface area contributed by atoms with Gasteiger partial charge >= 0.3 is 25.7 Å². The highest BCUT2D eigenvalue weighted by Crippen LogP contribution is 2.28. The first kappa shape index (κ1) is 16.3. The molecule has 0 bridgehead atoms. The van der Waals surface area contributed by atoms with Crippen molar-refractivity contribution >= 4 is 25.9 Å². The van der Waals surface area contributed by atoms with Crippen LogP contribution in [0.4, 0.5) is 18.9 Å². The minimum absolute atomic E-state index is 0.539. The Morgan fingerprint density at radius 2 is 1.50 bits per heavy atom. The number of nitrogens with zero attached hydrogens (tertiary/aromatic N) is 1. The Hall–Kier alpha value is -1.73. The normalized spacial score (nSPS) is 13.2. The molecule has 0 amide bonds. The SMILES string of the molecule is O=[N+]([O-])c1ccc(S(=O)(=O)OS(=O)(=O)C(F)(F)F)cc1. The van der Waals surface area contributed by atoms with Crippen LogP contribution in [-0.2, 0) is 23.9 Å². The van der Waals surface area contributed by atoms with Gasteiger partial charge in [-0.3, -0.25) is 10.1 Å². The minimum atomic E-state index is -6.35. The molecule has 0 aliphatic rings. The number of non-ortho nitro benzene ring substituents is 1. The monoisotopic (exact) mass is 335 g/mol. The number of nitro benzene ring substituents is 1. The third-order valence-electron chi connectivity index (χ3n) is 1.80. The third-order valence-corrected chi connectivity index (χ3v) is 4.65. The molecule has 0 aliphatic heterocycles. The van der Waals surface area contributed by atoms with Gasteiger partial charge in [-0.25, -0.2) is 0 Å². The first-order valence-corrected chi connectivity index (χ1v) is 7.20.